The number of aromatic carboxylic acids is 2. The number of benzene rings is 1. The molecule has 13 heteroatoms. The van der Waals surface area contributed by atoms with Gasteiger partial charge in [-0.3, -0.25) is 0 Å². The molecule has 134 valence electrons. The highest BCUT2D eigenvalue weighted by atomic mass is 19.4. The Morgan fingerprint density at radius 2 is 1.04 bits per heavy atom. The Kier molecular flexibility index (Phi) is 4.79. The summed E-state index contributed by atoms with van der Waals surface area (Å²) in [5.41, 5.74) is -7.60. The maximum atomic E-state index is 13.8. The minimum absolute atomic E-state index is 2.25. The van der Waals surface area contributed by atoms with Gasteiger partial charge in [-0.15, -0.1) is 0 Å². The molecule has 0 atom stereocenters. The van der Waals surface area contributed by atoms with Crippen molar-refractivity contribution in [1.29, 1.82) is 0 Å². The van der Waals surface area contributed by atoms with Crippen LogP contribution in [0.2, 0.25) is 0 Å². The molecule has 0 aromatic heterocycles. The van der Waals surface area contributed by atoms with Gasteiger partial charge in [-0.1, -0.05) is 0 Å². The Morgan fingerprint density at radius 3 is 1.33 bits per heavy atom. The van der Waals surface area contributed by atoms with Crippen molar-refractivity contribution in [2.45, 2.75) is 18.3 Å². The van der Waals surface area contributed by atoms with Gasteiger partial charge in [0.2, 0.25) is 0 Å². The molecular weight excluding hydrogens is 367 g/mol. The molecule has 0 bridgehead atoms. The lowest BCUT2D eigenvalue weighted by Crippen LogP contribution is -2.36. The van der Waals surface area contributed by atoms with Gasteiger partial charge in [0.15, 0.2) is 17.6 Å². The second-order valence-corrected chi connectivity index (χ2v) is 4.23. The average Bonchev–Trinajstić information content (AvgIpc) is 2.34. The topological polar surface area (TPSA) is 74.6 Å². The van der Waals surface area contributed by atoms with Gasteiger partial charge in [0.1, 0.15) is 16.9 Å². The maximum Gasteiger partial charge on any atom is 0.404 e. The molecule has 0 heterocycles. The van der Waals surface area contributed by atoms with Crippen molar-refractivity contribution in [3.05, 3.63) is 34.1 Å². The van der Waals surface area contributed by atoms with Gasteiger partial charge in [0.05, 0.1) is 0 Å². The normalized spacial score (nSPS) is 12.6. The molecule has 4 nitrogen and oxygen atoms in total. The third kappa shape index (κ3) is 3.23. The molecule has 0 saturated heterocycles. The van der Waals surface area contributed by atoms with E-state index >= 15 is 0 Å². The van der Waals surface area contributed by atoms with Crippen molar-refractivity contribution >= 4 is 11.9 Å². The number of alkyl halides is 6. The molecule has 0 spiro atoms. The largest absolute Gasteiger partial charge is 0.478 e. The fourth-order valence-corrected chi connectivity index (χ4v) is 1.85. The van der Waals surface area contributed by atoms with E-state index in [0.717, 1.165) is 0 Å². The van der Waals surface area contributed by atoms with Crippen LogP contribution in [-0.4, -0.2) is 34.5 Å². The van der Waals surface area contributed by atoms with E-state index < -0.39 is 64.4 Å². The Balaban J connectivity index is 4.04. The minimum atomic E-state index is -6.37. The fraction of sp³-hybridized carbons (Fsp3) is 0.273. The van der Waals surface area contributed by atoms with Gasteiger partial charge < -0.3 is 10.2 Å². The first-order valence-corrected chi connectivity index (χ1v) is 5.42. The predicted molar refractivity (Wildman–Crippen MR) is 55.1 cm³/mol. The molecule has 0 radical (unpaired) electrons. The van der Waals surface area contributed by atoms with Gasteiger partial charge in [0, 0.05) is 5.56 Å². The van der Waals surface area contributed by atoms with E-state index in [2.05, 4.69) is 0 Å². The van der Waals surface area contributed by atoms with Gasteiger partial charge in [-0.05, 0) is 0 Å². The van der Waals surface area contributed by atoms with Gasteiger partial charge in [-0.25, -0.2) is 22.8 Å². The molecule has 1 rings (SSSR count). The Bertz CT molecular complexity index is 691. The second-order valence-electron chi connectivity index (χ2n) is 4.23. The molecule has 2 N–H and O–H groups in total. The molecule has 1 aromatic rings. The molecular formula is C11H3F9O4. The minimum Gasteiger partial charge on any atom is -0.478 e. The number of halogens is 9. The first-order valence-electron chi connectivity index (χ1n) is 5.42. The first-order chi connectivity index (χ1) is 10.6. The van der Waals surface area contributed by atoms with E-state index in [1.807, 2.05) is 0 Å². The summed E-state index contributed by atoms with van der Waals surface area (Å²) in [4.78, 5) is 21.4. The Morgan fingerprint density at radius 1 is 0.708 bits per heavy atom. The highest BCUT2D eigenvalue weighted by Gasteiger charge is 2.60. The van der Waals surface area contributed by atoms with Crippen molar-refractivity contribution in [3.8, 4) is 0 Å². The average molecular weight is 370 g/mol. The summed E-state index contributed by atoms with van der Waals surface area (Å²) in [6.07, 6.45) is -12.7. The van der Waals surface area contributed by atoms with Crippen molar-refractivity contribution in [3.63, 3.8) is 0 Å². The standard InChI is InChI=1S/C11H3F9O4/c12-4-1(8(21)22)2(9(23)24)5(13)6(14)3(4)7(10(15,16)17)11(18,19)20/h7H,(H,21,22)(H,23,24). The summed E-state index contributed by atoms with van der Waals surface area (Å²) in [6.45, 7) is 0. The van der Waals surface area contributed by atoms with E-state index in [0.29, 0.717) is 0 Å². The SMILES string of the molecule is O=C(O)c1c(F)c(F)c(C(C(F)(F)F)C(F)(F)F)c(F)c1C(=O)O. The second kappa shape index (κ2) is 5.87. The molecule has 0 saturated carbocycles. The summed E-state index contributed by atoms with van der Waals surface area (Å²) >= 11 is 0. The number of hydrogen-bond donors (Lipinski definition) is 2. The van der Waals surface area contributed by atoms with Crippen LogP contribution in [0, 0.1) is 17.5 Å². The van der Waals surface area contributed by atoms with Crippen LogP contribution in [0.5, 0.6) is 0 Å². The lowest BCUT2D eigenvalue weighted by atomic mass is 9.91. The van der Waals surface area contributed by atoms with E-state index in [9.17, 15) is 49.1 Å². The van der Waals surface area contributed by atoms with E-state index in [1.54, 1.807) is 0 Å². The quantitative estimate of drug-likeness (QED) is 0.629. The summed E-state index contributed by atoms with van der Waals surface area (Å²) in [5.74, 6) is -19.2. The van der Waals surface area contributed by atoms with Gasteiger partial charge >= 0.3 is 24.3 Å². The monoisotopic (exact) mass is 370 g/mol. The number of rotatable bonds is 3. The summed E-state index contributed by atoms with van der Waals surface area (Å²) in [5, 5.41) is 17.1. The highest BCUT2D eigenvalue weighted by molar-refractivity contribution is 6.02. The van der Waals surface area contributed by atoms with Crippen LogP contribution in [0.1, 0.15) is 32.2 Å². The van der Waals surface area contributed by atoms with Crippen molar-refractivity contribution in [1.82, 2.24) is 0 Å². The van der Waals surface area contributed by atoms with E-state index in [-0.39, 0.29) is 0 Å². The number of carboxylic acid groups (broad SMARTS) is 2. The summed E-state index contributed by atoms with van der Waals surface area (Å²) in [7, 11) is 0. The molecule has 0 unspecified atom stereocenters. The third-order valence-electron chi connectivity index (χ3n) is 2.73. The molecule has 0 aliphatic carbocycles. The number of hydrogen-bond acceptors (Lipinski definition) is 2. The fourth-order valence-electron chi connectivity index (χ4n) is 1.85. The van der Waals surface area contributed by atoms with Crippen LogP contribution in [0.4, 0.5) is 39.5 Å². The number of carboxylic acids is 2. The lowest BCUT2D eigenvalue weighted by molar-refractivity contribution is -0.255. The van der Waals surface area contributed by atoms with Crippen LogP contribution in [0.15, 0.2) is 0 Å². The van der Waals surface area contributed by atoms with Crippen LogP contribution >= 0.6 is 0 Å². The molecule has 24 heavy (non-hydrogen) atoms. The zero-order chi connectivity index (χ0) is 19.2. The zero-order valence-corrected chi connectivity index (χ0v) is 10.7. The van der Waals surface area contributed by atoms with Gasteiger partial charge in [0.25, 0.3) is 0 Å². The van der Waals surface area contributed by atoms with Crippen molar-refractivity contribution in [2.75, 3.05) is 0 Å². The van der Waals surface area contributed by atoms with Crippen LogP contribution in [0.3, 0.4) is 0 Å². The first kappa shape index (κ1) is 19.6. The smallest absolute Gasteiger partial charge is 0.404 e. The Labute approximate surface area is 125 Å². The molecule has 0 amide bonds. The van der Waals surface area contributed by atoms with Crippen molar-refractivity contribution in [2.24, 2.45) is 0 Å². The van der Waals surface area contributed by atoms with E-state index in [1.165, 1.54) is 0 Å². The predicted octanol–water partition coefficient (Wildman–Crippen LogP) is 3.71. The van der Waals surface area contributed by atoms with Crippen molar-refractivity contribution < 1.29 is 59.3 Å². The molecule has 0 aliphatic heterocycles. The van der Waals surface area contributed by atoms with Crippen LogP contribution < -0.4 is 0 Å². The lowest BCUT2D eigenvalue weighted by Gasteiger charge is -2.25. The summed E-state index contributed by atoms with van der Waals surface area (Å²) in [6, 6.07) is 0. The van der Waals surface area contributed by atoms with Gasteiger partial charge in [-0.2, -0.15) is 26.3 Å². The summed E-state index contributed by atoms with van der Waals surface area (Å²) < 4.78 is 116. The molecule has 0 aliphatic rings. The van der Waals surface area contributed by atoms with Crippen LogP contribution in [0.25, 0.3) is 0 Å². The number of carbonyl (C=O) groups is 2. The van der Waals surface area contributed by atoms with Crippen LogP contribution in [-0.2, 0) is 0 Å². The molecule has 1 aromatic carbocycles. The Hall–Kier alpha value is -2.47. The molecule has 0 fully saturated rings. The maximum absolute atomic E-state index is 13.8. The van der Waals surface area contributed by atoms with E-state index in [4.69, 9.17) is 10.2 Å². The third-order valence-corrected chi connectivity index (χ3v) is 2.73. The zero-order valence-electron chi connectivity index (χ0n) is 10.7. The highest BCUT2D eigenvalue weighted by Crippen LogP contribution is 2.48.